The Morgan fingerprint density at radius 3 is 2.95 bits per heavy atom. The number of benzene rings is 1. The average Bonchev–Trinajstić information content (AvgIpc) is 3.06. The number of hydrogen-bond donors (Lipinski definition) is 1. The van der Waals surface area contributed by atoms with Crippen LogP contribution in [0.3, 0.4) is 0 Å². The van der Waals surface area contributed by atoms with Crippen molar-refractivity contribution in [1.29, 1.82) is 0 Å². The zero-order chi connectivity index (χ0) is 14.3. The number of rotatable bonds is 3. The number of ether oxygens (including phenoxy) is 1. The standard InChI is InChI=1S/C13H15NO5S/c15-13(16)10-4-2-7-14(10)20(17,18)11-5-1-3-9-6-8-19-12(9)11/h1,3,5,10H,2,4,6-8H2,(H,15,16)/t10-/m0/s1. The van der Waals surface area contributed by atoms with Crippen molar-refractivity contribution in [3.8, 4) is 5.75 Å². The summed E-state index contributed by atoms with van der Waals surface area (Å²) in [5.74, 6) is -0.719. The van der Waals surface area contributed by atoms with Crippen LogP contribution in [-0.2, 0) is 21.2 Å². The molecule has 0 unspecified atom stereocenters. The molecule has 6 nitrogen and oxygen atoms in total. The van der Waals surface area contributed by atoms with Crippen molar-refractivity contribution in [3.63, 3.8) is 0 Å². The summed E-state index contributed by atoms with van der Waals surface area (Å²) in [6.07, 6.45) is 1.59. The Morgan fingerprint density at radius 2 is 2.20 bits per heavy atom. The molecule has 20 heavy (non-hydrogen) atoms. The lowest BCUT2D eigenvalue weighted by molar-refractivity contribution is -0.140. The van der Waals surface area contributed by atoms with E-state index in [4.69, 9.17) is 9.84 Å². The van der Waals surface area contributed by atoms with Crippen molar-refractivity contribution in [3.05, 3.63) is 23.8 Å². The van der Waals surface area contributed by atoms with Gasteiger partial charge in [0.25, 0.3) is 0 Å². The summed E-state index contributed by atoms with van der Waals surface area (Å²) in [5, 5.41) is 9.15. The molecule has 0 aromatic heterocycles. The molecule has 108 valence electrons. The zero-order valence-electron chi connectivity index (χ0n) is 10.8. The van der Waals surface area contributed by atoms with Crippen LogP contribution < -0.4 is 4.74 Å². The molecule has 3 rings (SSSR count). The molecule has 0 bridgehead atoms. The normalized spacial score (nSPS) is 22.5. The molecule has 2 aliphatic heterocycles. The Bertz CT molecular complexity index is 655. The van der Waals surface area contributed by atoms with Crippen molar-refractivity contribution >= 4 is 16.0 Å². The molecule has 7 heteroatoms. The molecule has 2 heterocycles. The van der Waals surface area contributed by atoms with Crippen molar-refractivity contribution < 1.29 is 23.1 Å². The van der Waals surface area contributed by atoms with Crippen LogP contribution in [0.5, 0.6) is 5.75 Å². The van der Waals surface area contributed by atoms with Crippen molar-refractivity contribution in [2.24, 2.45) is 0 Å². The molecule has 0 spiro atoms. The smallest absolute Gasteiger partial charge is 0.322 e. The summed E-state index contributed by atoms with van der Waals surface area (Å²) in [7, 11) is -3.83. The topological polar surface area (TPSA) is 83.9 Å². The molecule has 1 fully saturated rings. The van der Waals surface area contributed by atoms with Crippen LogP contribution in [0.2, 0.25) is 0 Å². The summed E-state index contributed by atoms with van der Waals surface area (Å²) in [4.78, 5) is 11.3. The summed E-state index contributed by atoms with van der Waals surface area (Å²) in [5.41, 5.74) is 0.858. The van der Waals surface area contributed by atoms with Gasteiger partial charge in [-0.1, -0.05) is 12.1 Å². The molecule has 1 aromatic rings. The minimum Gasteiger partial charge on any atom is -0.492 e. The van der Waals surface area contributed by atoms with Gasteiger partial charge in [0.1, 0.15) is 16.7 Å². The Labute approximate surface area is 117 Å². The number of para-hydroxylation sites is 1. The highest BCUT2D eigenvalue weighted by Gasteiger charge is 2.41. The first-order valence-electron chi connectivity index (χ1n) is 6.51. The number of nitrogens with zero attached hydrogens (tertiary/aromatic N) is 1. The lowest BCUT2D eigenvalue weighted by Crippen LogP contribution is -2.40. The third-order valence-electron chi connectivity index (χ3n) is 3.75. The van der Waals surface area contributed by atoms with Gasteiger partial charge in [-0.15, -0.1) is 0 Å². The van der Waals surface area contributed by atoms with E-state index in [2.05, 4.69) is 0 Å². The minimum absolute atomic E-state index is 0.0839. The fourth-order valence-corrected chi connectivity index (χ4v) is 4.62. The maximum Gasteiger partial charge on any atom is 0.322 e. The average molecular weight is 297 g/mol. The van der Waals surface area contributed by atoms with E-state index in [1.165, 1.54) is 6.07 Å². The van der Waals surface area contributed by atoms with Crippen LogP contribution in [0.4, 0.5) is 0 Å². The monoisotopic (exact) mass is 297 g/mol. The second kappa shape index (κ2) is 4.75. The fourth-order valence-electron chi connectivity index (χ4n) is 2.79. The molecule has 2 aliphatic rings. The highest BCUT2D eigenvalue weighted by molar-refractivity contribution is 7.89. The fraction of sp³-hybridized carbons (Fsp3) is 0.462. The van der Waals surface area contributed by atoms with Gasteiger partial charge in [-0.25, -0.2) is 8.42 Å². The van der Waals surface area contributed by atoms with Crippen LogP contribution >= 0.6 is 0 Å². The predicted molar refractivity (Wildman–Crippen MR) is 70.2 cm³/mol. The lowest BCUT2D eigenvalue weighted by Gasteiger charge is -2.22. The van der Waals surface area contributed by atoms with Gasteiger partial charge >= 0.3 is 5.97 Å². The number of carbonyl (C=O) groups is 1. The Balaban J connectivity index is 2.05. The molecule has 1 atom stereocenters. The maximum absolute atomic E-state index is 12.7. The predicted octanol–water partition coefficient (Wildman–Crippen LogP) is 0.859. The van der Waals surface area contributed by atoms with Crippen LogP contribution in [0.25, 0.3) is 0 Å². The third kappa shape index (κ3) is 1.97. The summed E-state index contributed by atoms with van der Waals surface area (Å²) in [6, 6.07) is 4.01. The van der Waals surface area contributed by atoms with E-state index in [0.29, 0.717) is 31.6 Å². The van der Waals surface area contributed by atoms with E-state index < -0.39 is 22.0 Å². The van der Waals surface area contributed by atoms with Crippen LogP contribution in [-0.4, -0.2) is 43.0 Å². The van der Waals surface area contributed by atoms with E-state index in [0.717, 1.165) is 9.87 Å². The quantitative estimate of drug-likeness (QED) is 0.894. The number of carboxylic acids is 1. The summed E-state index contributed by atoms with van der Waals surface area (Å²) >= 11 is 0. The molecule has 0 radical (unpaired) electrons. The van der Waals surface area contributed by atoms with E-state index in [-0.39, 0.29) is 11.4 Å². The van der Waals surface area contributed by atoms with Gasteiger partial charge in [0.2, 0.25) is 10.0 Å². The first-order chi connectivity index (χ1) is 9.51. The molecule has 1 aromatic carbocycles. The van der Waals surface area contributed by atoms with E-state index >= 15 is 0 Å². The largest absolute Gasteiger partial charge is 0.492 e. The SMILES string of the molecule is O=C(O)[C@@H]1CCCN1S(=O)(=O)c1cccc2c1OCC2. The highest BCUT2D eigenvalue weighted by atomic mass is 32.2. The van der Waals surface area contributed by atoms with Crippen molar-refractivity contribution in [1.82, 2.24) is 4.31 Å². The first kappa shape index (κ1) is 13.4. The Hall–Kier alpha value is -1.60. The van der Waals surface area contributed by atoms with Crippen LogP contribution in [0, 0.1) is 0 Å². The summed E-state index contributed by atoms with van der Waals surface area (Å²) in [6.45, 7) is 0.702. The van der Waals surface area contributed by atoms with Gasteiger partial charge < -0.3 is 9.84 Å². The maximum atomic E-state index is 12.7. The van der Waals surface area contributed by atoms with Crippen LogP contribution in [0.15, 0.2) is 23.1 Å². The van der Waals surface area contributed by atoms with Gasteiger partial charge in [-0.05, 0) is 24.5 Å². The van der Waals surface area contributed by atoms with Gasteiger partial charge in [-0.2, -0.15) is 4.31 Å². The molecule has 1 saturated heterocycles. The zero-order valence-corrected chi connectivity index (χ0v) is 11.6. The van der Waals surface area contributed by atoms with Gasteiger partial charge in [0, 0.05) is 13.0 Å². The second-order valence-electron chi connectivity index (χ2n) is 4.95. The molecular weight excluding hydrogens is 282 g/mol. The van der Waals surface area contributed by atoms with Crippen LogP contribution in [0.1, 0.15) is 18.4 Å². The van der Waals surface area contributed by atoms with Gasteiger partial charge in [0.05, 0.1) is 6.61 Å². The first-order valence-corrected chi connectivity index (χ1v) is 7.95. The summed E-state index contributed by atoms with van der Waals surface area (Å²) < 4.78 is 31.9. The van der Waals surface area contributed by atoms with Crippen molar-refractivity contribution in [2.75, 3.05) is 13.2 Å². The molecule has 0 aliphatic carbocycles. The number of sulfonamides is 1. The third-order valence-corrected chi connectivity index (χ3v) is 5.69. The highest BCUT2D eigenvalue weighted by Crippen LogP contribution is 2.36. The van der Waals surface area contributed by atoms with E-state index in [1.54, 1.807) is 6.07 Å². The number of hydrogen-bond acceptors (Lipinski definition) is 4. The number of aliphatic carboxylic acids is 1. The molecule has 0 amide bonds. The number of carboxylic acid groups (broad SMARTS) is 1. The van der Waals surface area contributed by atoms with Gasteiger partial charge in [-0.3, -0.25) is 4.79 Å². The minimum atomic E-state index is -3.83. The lowest BCUT2D eigenvalue weighted by atomic mass is 10.2. The van der Waals surface area contributed by atoms with E-state index in [1.807, 2.05) is 6.07 Å². The Morgan fingerprint density at radius 1 is 1.40 bits per heavy atom. The molecule has 1 N–H and O–H groups in total. The van der Waals surface area contributed by atoms with Crippen molar-refractivity contribution in [2.45, 2.75) is 30.2 Å². The molecule has 0 saturated carbocycles. The second-order valence-corrected chi connectivity index (χ2v) is 6.81. The van der Waals surface area contributed by atoms with Gasteiger partial charge in [0.15, 0.2) is 0 Å². The van der Waals surface area contributed by atoms with E-state index in [9.17, 15) is 13.2 Å². The number of fused-ring (bicyclic) bond motifs is 1. The molecular formula is C13H15NO5S. The Kier molecular flexibility index (Phi) is 3.18.